The third-order valence-corrected chi connectivity index (χ3v) is 13.2. The summed E-state index contributed by atoms with van der Waals surface area (Å²) in [5.41, 5.74) is 0.895. The summed E-state index contributed by atoms with van der Waals surface area (Å²) in [6.07, 6.45) is 5.73. The molecule has 1 atom stereocenters. The summed E-state index contributed by atoms with van der Waals surface area (Å²) < 4.78 is 52.4. The molecular formula is C47H57F3N6O6. The van der Waals surface area contributed by atoms with E-state index < -0.39 is 28.4 Å². The van der Waals surface area contributed by atoms with Crippen LogP contribution in [0.4, 0.5) is 29.5 Å². The standard InChI is InChI=1S/C47H57F3N6O6/c1-30(37-24-38(47(48,49)50)26-39(25-37)56(59)60)51-44-41-27-40(43(61-3)28-42(41)52-31(2)53-44)35-12-14-36(15-13-35)45(57)54-20-16-32(17-21-54)10-7-11-33-18-22-55(23-19-33)46(58)62-29-34-8-5-4-6-9-34/h4-6,8-9,24-28,30,32-33,35-36H,7,10-23,29H2,1-3H3,(H,51,52,53)/t30-,35?,36?/m1/s1. The molecule has 1 N–H and O–H groups in total. The van der Waals surface area contributed by atoms with Gasteiger partial charge in [-0.15, -0.1) is 0 Å². The fourth-order valence-electron chi connectivity index (χ4n) is 9.60. The van der Waals surface area contributed by atoms with Crippen LogP contribution in [0.5, 0.6) is 5.75 Å². The molecule has 15 heteroatoms. The average molecular weight is 859 g/mol. The molecule has 3 fully saturated rings. The van der Waals surface area contributed by atoms with E-state index in [0.29, 0.717) is 52.8 Å². The summed E-state index contributed by atoms with van der Waals surface area (Å²) in [7, 11) is 1.61. The van der Waals surface area contributed by atoms with Crippen LogP contribution in [0.25, 0.3) is 10.9 Å². The largest absolute Gasteiger partial charge is 0.496 e. The Morgan fingerprint density at radius 3 is 2.15 bits per heavy atom. The molecule has 2 amide bonds. The number of anilines is 1. The molecule has 3 aromatic carbocycles. The fraction of sp³-hybridized carbons (Fsp3) is 0.532. The van der Waals surface area contributed by atoms with Gasteiger partial charge in [0, 0.05) is 55.7 Å². The molecule has 3 aliphatic rings. The zero-order valence-electron chi connectivity index (χ0n) is 35.8. The van der Waals surface area contributed by atoms with E-state index in [-0.39, 0.29) is 29.4 Å². The molecule has 12 nitrogen and oxygen atoms in total. The van der Waals surface area contributed by atoms with Gasteiger partial charge < -0.3 is 24.6 Å². The molecule has 0 unspecified atom stereocenters. The van der Waals surface area contributed by atoms with Crippen LogP contribution in [-0.2, 0) is 22.3 Å². The molecule has 2 saturated heterocycles. The Labute approximate surface area is 360 Å². The Balaban J connectivity index is 0.885. The first-order chi connectivity index (χ1) is 29.7. The number of halogens is 3. The molecule has 7 rings (SSSR count). The number of likely N-dealkylation sites (tertiary alicyclic amines) is 2. The number of nitro benzene ring substituents is 1. The number of non-ortho nitro benzene ring substituents is 1. The molecule has 1 aromatic heterocycles. The van der Waals surface area contributed by atoms with E-state index in [9.17, 15) is 32.9 Å². The first-order valence-electron chi connectivity index (χ1n) is 22.0. The summed E-state index contributed by atoms with van der Waals surface area (Å²) in [5.74, 6) is 3.10. The van der Waals surface area contributed by atoms with Crippen molar-refractivity contribution in [2.45, 2.75) is 109 Å². The molecular weight excluding hydrogens is 802 g/mol. The Morgan fingerprint density at radius 2 is 1.53 bits per heavy atom. The molecule has 1 aliphatic carbocycles. The van der Waals surface area contributed by atoms with Crippen LogP contribution in [0.3, 0.4) is 0 Å². The predicted octanol–water partition coefficient (Wildman–Crippen LogP) is 10.8. The van der Waals surface area contributed by atoms with E-state index in [1.54, 1.807) is 21.0 Å². The van der Waals surface area contributed by atoms with E-state index in [1.165, 1.54) is 19.3 Å². The topological polar surface area (TPSA) is 140 Å². The van der Waals surface area contributed by atoms with E-state index >= 15 is 0 Å². The first-order valence-corrected chi connectivity index (χ1v) is 22.0. The quantitative estimate of drug-likeness (QED) is 0.103. The van der Waals surface area contributed by atoms with Gasteiger partial charge in [-0.05, 0) is 112 Å². The van der Waals surface area contributed by atoms with Gasteiger partial charge in [0.15, 0.2) is 0 Å². The Bertz CT molecular complexity index is 2200. The van der Waals surface area contributed by atoms with Crippen LogP contribution >= 0.6 is 0 Å². The number of hydrogen-bond acceptors (Lipinski definition) is 9. The first kappa shape index (κ1) is 44.6. The lowest BCUT2D eigenvalue weighted by molar-refractivity contribution is -0.385. The van der Waals surface area contributed by atoms with E-state index in [2.05, 4.69) is 20.2 Å². The number of piperidine rings is 2. The van der Waals surface area contributed by atoms with Crippen molar-refractivity contribution < 1.29 is 37.2 Å². The van der Waals surface area contributed by atoms with Crippen LogP contribution in [0, 0.1) is 34.8 Å². The summed E-state index contributed by atoms with van der Waals surface area (Å²) >= 11 is 0. The maximum absolute atomic E-state index is 13.8. The van der Waals surface area contributed by atoms with Crippen molar-refractivity contribution in [3.63, 3.8) is 0 Å². The summed E-state index contributed by atoms with van der Waals surface area (Å²) in [5, 5.41) is 15.4. The molecule has 2 aliphatic heterocycles. The fourth-order valence-corrected chi connectivity index (χ4v) is 9.60. The molecule has 62 heavy (non-hydrogen) atoms. The lowest BCUT2D eigenvalue weighted by Gasteiger charge is -2.37. The van der Waals surface area contributed by atoms with E-state index in [0.717, 1.165) is 101 Å². The molecule has 0 bridgehead atoms. The highest BCUT2D eigenvalue weighted by atomic mass is 19.4. The highest BCUT2D eigenvalue weighted by Gasteiger charge is 2.35. The minimum absolute atomic E-state index is 0.0312. The number of aryl methyl sites for hydroxylation is 1. The number of amides is 2. The van der Waals surface area contributed by atoms with Crippen molar-refractivity contribution in [1.82, 2.24) is 19.8 Å². The van der Waals surface area contributed by atoms with Crippen LogP contribution in [0.2, 0.25) is 0 Å². The van der Waals surface area contributed by atoms with Crippen LogP contribution in [-0.4, -0.2) is 70.0 Å². The van der Waals surface area contributed by atoms with Crippen molar-refractivity contribution in [1.29, 1.82) is 0 Å². The number of fused-ring (bicyclic) bond motifs is 1. The van der Waals surface area contributed by atoms with Gasteiger partial charge >= 0.3 is 12.3 Å². The van der Waals surface area contributed by atoms with Gasteiger partial charge in [-0.25, -0.2) is 14.8 Å². The monoisotopic (exact) mass is 858 g/mol. The number of benzene rings is 3. The van der Waals surface area contributed by atoms with Crippen molar-refractivity contribution in [3.8, 4) is 5.75 Å². The van der Waals surface area contributed by atoms with Crippen molar-refractivity contribution in [2.75, 3.05) is 38.6 Å². The van der Waals surface area contributed by atoms with Crippen molar-refractivity contribution in [2.24, 2.45) is 17.8 Å². The van der Waals surface area contributed by atoms with Gasteiger partial charge in [-0.3, -0.25) is 14.9 Å². The number of alkyl halides is 3. The number of ether oxygens (including phenoxy) is 2. The predicted molar refractivity (Wildman–Crippen MR) is 230 cm³/mol. The van der Waals surface area contributed by atoms with Crippen LogP contribution < -0.4 is 10.1 Å². The highest BCUT2D eigenvalue weighted by Crippen LogP contribution is 2.43. The van der Waals surface area contributed by atoms with E-state index in [4.69, 9.17) is 9.47 Å². The number of carbonyl (C=O) groups is 2. The number of nitro groups is 1. The lowest BCUT2D eigenvalue weighted by Crippen LogP contribution is -2.42. The Hall–Kier alpha value is -5.47. The zero-order valence-corrected chi connectivity index (χ0v) is 35.8. The molecule has 1 saturated carbocycles. The summed E-state index contributed by atoms with van der Waals surface area (Å²) in [6, 6.07) is 15.4. The summed E-state index contributed by atoms with van der Waals surface area (Å²) in [6.45, 7) is 6.74. The maximum Gasteiger partial charge on any atom is 0.416 e. The van der Waals surface area contributed by atoms with Gasteiger partial charge in [0.05, 0.1) is 29.2 Å². The molecule has 0 radical (unpaired) electrons. The number of aromatic nitrogens is 2. The van der Waals surface area contributed by atoms with Gasteiger partial charge in [-0.1, -0.05) is 49.6 Å². The second-order valence-corrected chi connectivity index (χ2v) is 17.4. The molecule has 4 aromatic rings. The minimum Gasteiger partial charge on any atom is -0.496 e. The zero-order chi connectivity index (χ0) is 44.0. The second kappa shape index (κ2) is 19.7. The number of rotatable bonds is 13. The van der Waals surface area contributed by atoms with Gasteiger partial charge in [0.25, 0.3) is 5.69 Å². The van der Waals surface area contributed by atoms with Crippen LogP contribution in [0.15, 0.2) is 60.7 Å². The number of hydrogen-bond donors (Lipinski definition) is 1. The molecule has 332 valence electrons. The minimum atomic E-state index is -4.75. The average Bonchev–Trinajstić information content (AvgIpc) is 3.28. The van der Waals surface area contributed by atoms with Gasteiger partial charge in [0.2, 0.25) is 5.91 Å². The molecule has 0 spiro atoms. The third kappa shape index (κ3) is 10.9. The number of nitrogens with zero attached hydrogens (tertiary/aromatic N) is 5. The lowest BCUT2D eigenvalue weighted by atomic mass is 9.77. The third-order valence-electron chi connectivity index (χ3n) is 13.2. The van der Waals surface area contributed by atoms with Gasteiger partial charge in [-0.2, -0.15) is 13.2 Å². The SMILES string of the molecule is COc1cc2nc(C)nc(N[C@H](C)c3cc([N+](=O)[O-])cc(C(F)(F)F)c3)c2cc1C1CCC(C(=O)N2CCC(CCCC3CCN(C(=O)OCc4ccccc4)CC3)CC2)CC1. The normalized spacial score (nSPS) is 19.6. The Kier molecular flexibility index (Phi) is 14.2. The molecule has 3 heterocycles. The van der Waals surface area contributed by atoms with Crippen molar-refractivity contribution in [3.05, 3.63) is 98.9 Å². The second-order valence-electron chi connectivity index (χ2n) is 17.4. The number of methoxy groups -OCH3 is 1. The van der Waals surface area contributed by atoms with Crippen molar-refractivity contribution >= 4 is 34.4 Å². The number of carbonyl (C=O) groups excluding carboxylic acids is 2. The highest BCUT2D eigenvalue weighted by molar-refractivity contribution is 5.91. The summed E-state index contributed by atoms with van der Waals surface area (Å²) in [4.78, 5) is 50.2. The Morgan fingerprint density at radius 1 is 0.887 bits per heavy atom. The smallest absolute Gasteiger partial charge is 0.416 e. The van der Waals surface area contributed by atoms with E-state index in [1.807, 2.05) is 47.4 Å². The van der Waals surface area contributed by atoms with Crippen LogP contribution in [0.1, 0.15) is 118 Å². The number of nitrogens with one attached hydrogen (secondary N) is 1. The maximum atomic E-state index is 13.8. The van der Waals surface area contributed by atoms with Gasteiger partial charge in [0.1, 0.15) is 24.0 Å².